The summed E-state index contributed by atoms with van der Waals surface area (Å²) in [5.41, 5.74) is 8.23. The molecular formula is C18H23FN2. The van der Waals surface area contributed by atoms with Crippen LogP contribution in [0, 0.1) is 5.82 Å². The second-order valence-corrected chi connectivity index (χ2v) is 5.55. The molecule has 0 aliphatic rings. The first-order valence-corrected chi connectivity index (χ1v) is 7.31. The van der Waals surface area contributed by atoms with E-state index >= 15 is 0 Å². The Kier molecular flexibility index (Phi) is 5.48. The summed E-state index contributed by atoms with van der Waals surface area (Å²) in [4.78, 5) is 2.20. The molecule has 0 aromatic heterocycles. The van der Waals surface area contributed by atoms with Crippen molar-refractivity contribution < 1.29 is 4.39 Å². The molecule has 0 saturated heterocycles. The van der Waals surface area contributed by atoms with Gasteiger partial charge in [0.1, 0.15) is 5.82 Å². The molecule has 112 valence electrons. The van der Waals surface area contributed by atoms with Crippen LogP contribution < -0.4 is 5.73 Å². The van der Waals surface area contributed by atoms with Crippen molar-refractivity contribution in [2.75, 3.05) is 13.6 Å². The van der Waals surface area contributed by atoms with Gasteiger partial charge in [-0.3, -0.25) is 4.90 Å². The second-order valence-electron chi connectivity index (χ2n) is 5.55. The quantitative estimate of drug-likeness (QED) is 0.882. The molecule has 2 aromatic carbocycles. The molecule has 2 aromatic rings. The molecule has 0 radical (unpaired) electrons. The van der Waals surface area contributed by atoms with Gasteiger partial charge in [-0.15, -0.1) is 0 Å². The van der Waals surface area contributed by atoms with Gasteiger partial charge in [0, 0.05) is 19.1 Å². The maximum Gasteiger partial charge on any atom is 0.123 e. The summed E-state index contributed by atoms with van der Waals surface area (Å²) in [5, 5.41) is 0. The van der Waals surface area contributed by atoms with E-state index in [-0.39, 0.29) is 11.9 Å². The van der Waals surface area contributed by atoms with Crippen LogP contribution in [0.1, 0.15) is 24.0 Å². The minimum atomic E-state index is -0.193. The van der Waals surface area contributed by atoms with Crippen LogP contribution >= 0.6 is 0 Å². The van der Waals surface area contributed by atoms with Crippen molar-refractivity contribution >= 4 is 0 Å². The molecule has 0 amide bonds. The number of nitrogens with zero attached hydrogens (tertiary/aromatic N) is 1. The van der Waals surface area contributed by atoms with E-state index in [0.29, 0.717) is 19.0 Å². The van der Waals surface area contributed by atoms with Crippen LogP contribution in [0.3, 0.4) is 0 Å². The van der Waals surface area contributed by atoms with Crippen molar-refractivity contribution in [3.63, 3.8) is 0 Å². The van der Waals surface area contributed by atoms with Gasteiger partial charge < -0.3 is 5.73 Å². The highest BCUT2D eigenvalue weighted by molar-refractivity contribution is 5.21. The zero-order chi connectivity index (χ0) is 15.2. The third-order valence-corrected chi connectivity index (χ3v) is 4.03. The van der Waals surface area contributed by atoms with Crippen LogP contribution in [-0.2, 0) is 6.54 Å². The van der Waals surface area contributed by atoms with Gasteiger partial charge in [0.15, 0.2) is 0 Å². The smallest absolute Gasteiger partial charge is 0.123 e. The maximum absolute atomic E-state index is 13.3. The van der Waals surface area contributed by atoms with E-state index in [1.54, 1.807) is 12.1 Å². The fourth-order valence-electron chi connectivity index (χ4n) is 2.79. The fourth-order valence-corrected chi connectivity index (χ4v) is 2.79. The molecule has 2 N–H and O–H groups in total. The van der Waals surface area contributed by atoms with Crippen LogP contribution in [0.2, 0.25) is 0 Å². The Balaban J connectivity index is 2.09. The molecule has 0 spiro atoms. The standard InChI is InChI=1S/C18H23FN2/c1-14(16-8-4-3-5-9-16)18(12-20)21(2)13-15-7-6-10-17(19)11-15/h3-11,14,18H,12-13,20H2,1-2H3. The van der Waals surface area contributed by atoms with Crippen LogP contribution in [-0.4, -0.2) is 24.5 Å². The maximum atomic E-state index is 13.3. The van der Waals surface area contributed by atoms with E-state index in [1.165, 1.54) is 11.6 Å². The minimum Gasteiger partial charge on any atom is -0.329 e. The Hall–Kier alpha value is -1.71. The largest absolute Gasteiger partial charge is 0.329 e. The highest BCUT2D eigenvalue weighted by Gasteiger charge is 2.21. The highest BCUT2D eigenvalue weighted by atomic mass is 19.1. The highest BCUT2D eigenvalue weighted by Crippen LogP contribution is 2.23. The zero-order valence-corrected chi connectivity index (χ0v) is 12.7. The van der Waals surface area contributed by atoms with E-state index in [0.717, 1.165) is 5.56 Å². The second kappa shape index (κ2) is 7.34. The van der Waals surface area contributed by atoms with Gasteiger partial charge in [0.25, 0.3) is 0 Å². The Morgan fingerprint density at radius 1 is 1.10 bits per heavy atom. The van der Waals surface area contributed by atoms with Crippen molar-refractivity contribution in [1.29, 1.82) is 0 Å². The van der Waals surface area contributed by atoms with E-state index in [4.69, 9.17) is 5.73 Å². The SMILES string of the molecule is CC(c1ccccc1)C(CN)N(C)Cc1cccc(F)c1. The van der Waals surface area contributed by atoms with Crippen molar-refractivity contribution in [3.8, 4) is 0 Å². The van der Waals surface area contributed by atoms with Gasteiger partial charge in [0.05, 0.1) is 0 Å². The molecule has 0 saturated carbocycles. The van der Waals surface area contributed by atoms with Crippen molar-refractivity contribution in [2.45, 2.75) is 25.4 Å². The first-order valence-electron chi connectivity index (χ1n) is 7.31. The number of likely N-dealkylation sites (N-methyl/N-ethyl adjacent to an activating group) is 1. The van der Waals surface area contributed by atoms with E-state index in [9.17, 15) is 4.39 Å². The molecule has 2 unspecified atom stereocenters. The van der Waals surface area contributed by atoms with E-state index in [1.807, 2.05) is 31.3 Å². The molecular weight excluding hydrogens is 263 g/mol. The summed E-state index contributed by atoms with van der Waals surface area (Å²) in [6.45, 7) is 3.45. The van der Waals surface area contributed by atoms with E-state index in [2.05, 4.69) is 24.0 Å². The lowest BCUT2D eigenvalue weighted by atomic mass is 9.92. The summed E-state index contributed by atoms with van der Waals surface area (Å²) in [6, 6.07) is 17.3. The summed E-state index contributed by atoms with van der Waals surface area (Å²) in [5.74, 6) is 0.135. The fraction of sp³-hybridized carbons (Fsp3) is 0.333. The topological polar surface area (TPSA) is 29.3 Å². The normalized spacial score (nSPS) is 14.1. The monoisotopic (exact) mass is 286 g/mol. The molecule has 2 nitrogen and oxygen atoms in total. The molecule has 0 aliphatic heterocycles. The van der Waals surface area contributed by atoms with E-state index < -0.39 is 0 Å². The molecule has 3 heteroatoms. The number of benzene rings is 2. The molecule has 2 atom stereocenters. The van der Waals surface area contributed by atoms with Crippen molar-refractivity contribution in [2.24, 2.45) is 5.73 Å². The van der Waals surface area contributed by atoms with Crippen LogP contribution in [0.25, 0.3) is 0 Å². The molecule has 0 heterocycles. The lowest BCUT2D eigenvalue weighted by Crippen LogP contribution is -2.41. The number of rotatable bonds is 6. The average Bonchev–Trinajstić information content (AvgIpc) is 2.48. The van der Waals surface area contributed by atoms with Crippen LogP contribution in [0.15, 0.2) is 54.6 Å². The van der Waals surface area contributed by atoms with Crippen LogP contribution in [0.5, 0.6) is 0 Å². The first-order chi connectivity index (χ1) is 10.1. The summed E-state index contributed by atoms with van der Waals surface area (Å²) < 4.78 is 13.3. The lowest BCUT2D eigenvalue weighted by Gasteiger charge is -2.32. The van der Waals surface area contributed by atoms with Gasteiger partial charge in [-0.1, -0.05) is 49.4 Å². The molecule has 0 bridgehead atoms. The number of hydrogen-bond donors (Lipinski definition) is 1. The van der Waals surface area contributed by atoms with Gasteiger partial charge >= 0.3 is 0 Å². The molecule has 21 heavy (non-hydrogen) atoms. The summed E-state index contributed by atoms with van der Waals surface area (Å²) in [7, 11) is 2.04. The average molecular weight is 286 g/mol. The minimum absolute atomic E-state index is 0.193. The van der Waals surface area contributed by atoms with Crippen LogP contribution in [0.4, 0.5) is 4.39 Å². The van der Waals surface area contributed by atoms with Gasteiger partial charge in [0.2, 0.25) is 0 Å². The van der Waals surface area contributed by atoms with Gasteiger partial charge in [-0.2, -0.15) is 0 Å². The Morgan fingerprint density at radius 2 is 1.81 bits per heavy atom. The zero-order valence-electron chi connectivity index (χ0n) is 12.7. The van der Waals surface area contributed by atoms with Gasteiger partial charge in [-0.25, -0.2) is 4.39 Å². The third kappa shape index (κ3) is 4.13. The Labute approximate surface area is 126 Å². The molecule has 0 fully saturated rings. The first kappa shape index (κ1) is 15.7. The van der Waals surface area contributed by atoms with Gasteiger partial charge in [-0.05, 0) is 36.2 Å². The predicted molar refractivity (Wildman–Crippen MR) is 85.6 cm³/mol. The summed E-state index contributed by atoms with van der Waals surface area (Å²) >= 11 is 0. The Morgan fingerprint density at radius 3 is 2.43 bits per heavy atom. The Bertz CT molecular complexity index is 556. The predicted octanol–water partition coefficient (Wildman–Crippen LogP) is 3.39. The molecule has 2 rings (SSSR count). The number of hydrogen-bond acceptors (Lipinski definition) is 2. The molecule has 0 aliphatic carbocycles. The lowest BCUT2D eigenvalue weighted by molar-refractivity contribution is 0.212. The number of nitrogens with two attached hydrogens (primary N) is 1. The summed E-state index contributed by atoms with van der Waals surface area (Å²) in [6.07, 6.45) is 0. The van der Waals surface area contributed by atoms with Crippen molar-refractivity contribution in [3.05, 3.63) is 71.5 Å². The van der Waals surface area contributed by atoms with Crippen molar-refractivity contribution in [1.82, 2.24) is 4.90 Å². The number of halogens is 1. The third-order valence-electron chi connectivity index (χ3n) is 4.03.